The zero-order valence-electron chi connectivity index (χ0n) is 12.5. The Morgan fingerprint density at radius 2 is 2.00 bits per heavy atom. The van der Waals surface area contributed by atoms with Crippen molar-refractivity contribution in [3.8, 4) is 11.5 Å². The summed E-state index contributed by atoms with van der Waals surface area (Å²) in [7, 11) is 3.67. The first-order chi connectivity index (χ1) is 9.45. The van der Waals surface area contributed by atoms with Crippen LogP contribution >= 0.6 is 0 Å². The van der Waals surface area contributed by atoms with Gasteiger partial charge in [0.25, 0.3) is 0 Å². The molecule has 108 valence electrons. The van der Waals surface area contributed by atoms with Gasteiger partial charge in [-0.2, -0.15) is 5.10 Å². The molecule has 4 nitrogen and oxygen atoms in total. The van der Waals surface area contributed by atoms with Crippen LogP contribution in [0.5, 0.6) is 11.5 Å². The summed E-state index contributed by atoms with van der Waals surface area (Å²) in [6.45, 7) is 5.71. The van der Waals surface area contributed by atoms with Crippen LogP contribution in [-0.2, 0) is 7.05 Å². The van der Waals surface area contributed by atoms with Crippen molar-refractivity contribution >= 4 is 0 Å². The van der Waals surface area contributed by atoms with Crippen molar-refractivity contribution < 1.29 is 9.13 Å². The number of benzene rings is 1. The van der Waals surface area contributed by atoms with Crippen molar-refractivity contribution in [2.75, 3.05) is 7.05 Å². The molecule has 0 radical (unpaired) electrons. The molecular weight excluding hydrogens is 257 g/mol. The highest BCUT2D eigenvalue weighted by Crippen LogP contribution is 2.34. The highest BCUT2D eigenvalue weighted by molar-refractivity contribution is 5.43. The number of hydrogen-bond acceptors (Lipinski definition) is 3. The van der Waals surface area contributed by atoms with Gasteiger partial charge in [0.05, 0.1) is 5.69 Å². The molecule has 0 saturated carbocycles. The van der Waals surface area contributed by atoms with E-state index < -0.39 is 0 Å². The molecule has 0 fully saturated rings. The summed E-state index contributed by atoms with van der Waals surface area (Å²) in [6, 6.07) is 4.95. The lowest BCUT2D eigenvalue weighted by molar-refractivity contribution is 0.423. The van der Waals surface area contributed by atoms with Crippen LogP contribution in [0.15, 0.2) is 18.2 Å². The van der Waals surface area contributed by atoms with Crippen LogP contribution in [0.2, 0.25) is 0 Å². The number of halogens is 1. The smallest absolute Gasteiger partial charge is 0.171 e. The van der Waals surface area contributed by atoms with E-state index >= 15 is 0 Å². The molecule has 1 N–H and O–H groups in total. The maximum absolute atomic E-state index is 14.1. The Labute approximate surface area is 118 Å². The van der Waals surface area contributed by atoms with Crippen molar-refractivity contribution in [3.63, 3.8) is 0 Å². The predicted molar refractivity (Wildman–Crippen MR) is 76.6 cm³/mol. The Morgan fingerprint density at radius 3 is 2.55 bits per heavy atom. The first-order valence-electron chi connectivity index (χ1n) is 6.59. The zero-order chi connectivity index (χ0) is 14.9. The molecule has 0 bridgehead atoms. The topological polar surface area (TPSA) is 39.1 Å². The molecule has 1 heterocycles. The van der Waals surface area contributed by atoms with Gasteiger partial charge in [0.15, 0.2) is 17.3 Å². The first-order valence-corrected chi connectivity index (χ1v) is 6.59. The molecule has 2 aromatic rings. The van der Waals surface area contributed by atoms with Gasteiger partial charge in [0, 0.05) is 18.7 Å². The minimum Gasteiger partial charge on any atom is -0.450 e. The third kappa shape index (κ3) is 2.54. The SMILES string of the molecule is CNC(C)c1cccc(F)c1Oc1c(C)nn(C)c1C. The van der Waals surface area contributed by atoms with Gasteiger partial charge in [-0.05, 0) is 33.9 Å². The van der Waals surface area contributed by atoms with Gasteiger partial charge in [0.2, 0.25) is 0 Å². The van der Waals surface area contributed by atoms with Gasteiger partial charge >= 0.3 is 0 Å². The highest BCUT2D eigenvalue weighted by Gasteiger charge is 2.19. The van der Waals surface area contributed by atoms with E-state index in [1.54, 1.807) is 10.7 Å². The summed E-state index contributed by atoms with van der Waals surface area (Å²) in [6.07, 6.45) is 0. The zero-order valence-corrected chi connectivity index (χ0v) is 12.5. The van der Waals surface area contributed by atoms with Crippen molar-refractivity contribution in [1.82, 2.24) is 15.1 Å². The van der Waals surface area contributed by atoms with E-state index in [9.17, 15) is 4.39 Å². The van der Waals surface area contributed by atoms with E-state index in [-0.39, 0.29) is 17.6 Å². The Morgan fingerprint density at radius 1 is 1.30 bits per heavy atom. The molecule has 0 spiro atoms. The average Bonchev–Trinajstić information content (AvgIpc) is 2.66. The second kappa shape index (κ2) is 5.63. The van der Waals surface area contributed by atoms with E-state index in [0.29, 0.717) is 5.75 Å². The maximum atomic E-state index is 14.1. The van der Waals surface area contributed by atoms with E-state index in [4.69, 9.17) is 4.74 Å². The fourth-order valence-electron chi connectivity index (χ4n) is 2.13. The van der Waals surface area contributed by atoms with Crippen molar-refractivity contribution in [1.29, 1.82) is 0 Å². The molecule has 1 aromatic carbocycles. The second-order valence-electron chi connectivity index (χ2n) is 4.89. The first kappa shape index (κ1) is 14.5. The standard InChI is InChI=1S/C15H20FN3O/c1-9(17-4)12-7-6-8-13(16)15(12)20-14-10(2)18-19(5)11(14)3/h6-9,17H,1-5H3. The lowest BCUT2D eigenvalue weighted by Crippen LogP contribution is -2.13. The van der Waals surface area contributed by atoms with Crippen LogP contribution < -0.4 is 10.1 Å². The Bertz CT molecular complexity index is 622. The number of para-hydroxylation sites is 1. The van der Waals surface area contributed by atoms with E-state index in [1.165, 1.54) is 6.07 Å². The molecule has 1 unspecified atom stereocenters. The fourth-order valence-corrected chi connectivity index (χ4v) is 2.13. The third-order valence-electron chi connectivity index (χ3n) is 3.54. The van der Waals surface area contributed by atoms with Crippen LogP contribution in [0.25, 0.3) is 0 Å². The predicted octanol–water partition coefficient (Wildman–Crippen LogP) is 3.25. The normalized spacial score (nSPS) is 12.5. The van der Waals surface area contributed by atoms with Gasteiger partial charge in [-0.25, -0.2) is 4.39 Å². The van der Waals surface area contributed by atoms with Crippen LogP contribution in [0, 0.1) is 19.7 Å². The molecule has 2 rings (SSSR count). The second-order valence-corrected chi connectivity index (χ2v) is 4.89. The number of aryl methyl sites for hydroxylation is 2. The number of aromatic nitrogens is 2. The minimum atomic E-state index is -0.368. The number of hydrogen-bond donors (Lipinski definition) is 1. The summed E-state index contributed by atoms with van der Waals surface area (Å²) in [4.78, 5) is 0. The van der Waals surface area contributed by atoms with Gasteiger partial charge in [-0.15, -0.1) is 0 Å². The van der Waals surface area contributed by atoms with Crippen molar-refractivity contribution in [2.45, 2.75) is 26.8 Å². The minimum absolute atomic E-state index is 0.00187. The maximum Gasteiger partial charge on any atom is 0.171 e. The van der Waals surface area contributed by atoms with Crippen LogP contribution in [0.4, 0.5) is 4.39 Å². The number of nitrogens with zero attached hydrogens (tertiary/aromatic N) is 2. The summed E-state index contributed by atoms with van der Waals surface area (Å²) in [5.74, 6) is 0.503. The molecule has 0 saturated heterocycles. The molecule has 0 aliphatic rings. The number of ether oxygens (including phenoxy) is 1. The Balaban J connectivity index is 2.48. The van der Waals surface area contributed by atoms with E-state index in [2.05, 4.69) is 10.4 Å². The average molecular weight is 277 g/mol. The van der Waals surface area contributed by atoms with Crippen LogP contribution in [-0.4, -0.2) is 16.8 Å². The summed E-state index contributed by atoms with van der Waals surface area (Å²) >= 11 is 0. The molecule has 20 heavy (non-hydrogen) atoms. The van der Waals surface area contributed by atoms with Crippen molar-refractivity contribution in [2.24, 2.45) is 7.05 Å². The lowest BCUT2D eigenvalue weighted by atomic mass is 10.1. The molecule has 5 heteroatoms. The Kier molecular flexibility index (Phi) is 4.09. The molecular formula is C15H20FN3O. The van der Waals surface area contributed by atoms with Gasteiger partial charge < -0.3 is 10.1 Å². The van der Waals surface area contributed by atoms with Crippen LogP contribution in [0.1, 0.15) is 29.9 Å². The molecule has 1 aromatic heterocycles. The fraction of sp³-hybridized carbons (Fsp3) is 0.400. The van der Waals surface area contributed by atoms with Gasteiger partial charge in [-0.1, -0.05) is 12.1 Å². The summed E-state index contributed by atoms with van der Waals surface area (Å²) in [5, 5.41) is 7.39. The molecule has 0 amide bonds. The van der Waals surface area contributed by atoms with Gasteiger partial charge in [-0.3, -0.25) is 4.68 Å². The van der Waals surface area contributed by atoms with Crippen molar-refractivity contribution in [3.05, 3.63) is 41.0 Å². The number of rotatable bonds is 4. The summed E-state index contributed by atoms with van der Waals surface area (Å²) in [5.41, 5.74) is 2.40. The quantitative estimate of drug-likeness (QED) is 0.932. The van der Waals surface area contributed by atoms with E-state index in [0.717, 1.165) is 17.0 Å². The van der Waals surface area contributed by atoms with Crippen LogP contribution in [0.3, 0.4) is 0 Å². The largest absolute Gasteiger partial charge is 0.450 e. The number of nitrogens with one attached hydrogen (secondary N) is 1. The van der Waals surface area contributed by atoms with Gasteiger partial charge in [0.1, 0.15) is 5.69 Å². The highest BCUT2D eigenvalue weighted by atomic mass is 19.1. The van der Waals surface area contributed by atoms with E-state index in [1.807, 2.05) is 40.9 Å². The third-order valence-corrected chi connectivity index (χ3v) is 3.54. The molecule has 1 atom stereocenters. The monoisotopic (exact) mass is 277 g/mol. The summed E-state index contributed by atoms with van der Waals surface area (Å²) < 4.78 is 21.7. The molecule has 0 aliphatic carbocycles. The Hall–Kier alpha value is -1.88. The molecule has 0 aliphatic heterocycles. The lowest BCUT2D eigenvalue weighted by Gasteiger charge is -2.17.